The van der Waals surface area contributed by atoms with E-state index in [-0.39, 0.29) is 12.1 Å². The van der Waals surface area contributed by atoms with Crippen LogP contribution in [0, 0.1) is 0 Å². The van der Waals surface area contributed by atoms with E-state index in [1.807, 2.05) is 49.4 Å². The first-order chi connectivity index (χ1) is 10.2. The van der Waals surface area contributed by atoms with Crippen LogP contribution in [-0.4, -0.2) is 18.1 Å². The number of hydrogen-bond donors (Lipinski definition) is 2. The Hall–Kier alpha value is -2.56. The third-order valence-corrected chi connectivity index (χ3v) is 3.13. The number of pyridine rings is 1. The topological polar surface area (TPSA) is 63.2 Å². The highest BCUT2D eigenvalue weighted by Crippen LogP contribution is 2.13. The van der Waals surface area contributed by atoms with Crippen LogP contribution >= 0.6 is 0 Å². The lowest BCUT2D eigenvalue weighted by atomic mass is 10.1. The largest absolute Gasteiger partial charge is 0.481 e. The number of amides is 2. The minimum absolute atomic E-state index is 0.0537. The molecule has 2 rings (SSSR count). The van der Waals surface area contributed by atoms with E-state index in [0.717, 1.165) is 11.1 Å². The van der Waals surface area contributed by atoms with Crippen molar-refractivity contribution in [3.05, 3.63) is 59.8 Å². The number of nitrogens with one attached hydrogen (secondary N) is 2. The van der Waals surface area contributed by atoms with Crippen molar-refractivity contribution in [2.75, 3.05) is 7.11 Å². The molecular weight excluding hydrogens is 266 g/mol. The number of urea groups is 1. The van der Waals surface area contributed by atoms with Crippen molar-refractivity contribution in [1.82, 2.24) is 15.6 Å². The molecule has 1 heterocycles. The summed E-state index contributed by atoms with van der Waals surface area (Å²) < 4.78 is 5.15. The molecule has 1 aromatic heterocycles. The van der Waals surface area contributed by atoms with Crippen LogP contribution in [0.2, 0.25) is 0 Å². The normalized spacial score (nSPS) is 11.5. The smallest absolute Gasteiger partial charge is 0.315 e. The van der Waals surface area contributed by atoms with E-state index < -0.39 is 0 Å². The molecule has 110 valence electrons. The average Bonchev–Trinajstić information content (AvgIpc) is 2.54. The summed E-state index contributed by atoms with van der Waals surface area (Å²) in [6.07, 6.45) is 1.65. The predicted octanol–water partition coefficient (Wildman–Crippen LogP) is 2.65. The molecule has 0 aliphatic rings. The monoisotopic (exact) mass is 285 g/mol. The molecule has 0 unspecified atom stereocenters. The van der Waals surface area contributed by atoms with Gasteiger partial charge in [-0.1, -0.05) is 36.4 Å². The molecule has 2 aromatic rings. The number of carbonyl (C=O) groups excluding carboxylic acids is 1. The van der Waals surface area contributed by atoms with Crippen LogP contribution < -0.4 is 15.4 Å². The Morgan fingerprint density at radius 2 is 2.00 bits per heavy atom. The number of ether oxygens (including phenoxy) is 1. The van der Waals surface area contributed by atoms with Gasteiger partial charge < -0.3 is 15.4 Å². The van der Waals surface area contributed by atoms with Crippen molar-refractivity contribution in [2.24, 2.45) is 0 Å². The third kappa shape index (κ3) is 4.21. The Bertz CT molecular complexity index is 587. The number of benzene rings is 1. The molecule has 2 N–H and O–H groups in total. The summed E-state index contributed by atoms with van der Waals surface area (Å²) in [4.78, 5) is 16.0. The minimum atomic E-state index is -0.225. The number of rotatable bonds is 5. The van der Waals surface area contributed by atoms with Gasteiger partial charge in [-0.05, 0) is 18.6 Å². The number of hydrogen-bond acceptors (Lipinski definition) is 3. The minimum Gasteiger partial charge on any atom is -0.481 e. The standard InChI is InChI=1S/C16H19N3O2/c1-12(13-7-4-3-5-8-13)19-16(20)18-11-14-9-6-10-17-15(14)21-2/h3-10,12H,11H2,1-2H3,(H2,18,19,20)/t12-/m1/s1. The second-order valence-corrected chi connectivity index (χ2v) is 4.63. The number of carbonyl (C=O) groups is 1. The molecule has 1 atom stereocenters. The van der Waals surface area contributed by atoms with Crippen molar-refractivity contribution in [3.63, 3.8) is 0 Å². The van der Waals surface area contributed by atoms with E-state index in [0.29, 0.717) is 12.4 Å². The highest BCUT2D eigenvalue weighted by Gasteiger charge is 2.10. The highest BCUT2D eigenvalue weighted by atomic mass is 16.5. The lowest BCUT2D eigenvalue weighted by Crippen LogP contribution is -2.36. The van der Waals surface area contributed by atoms with Gasteiger partial charge in [-0.25, -0.2) is 9.78 Å². The molecule has 0 spiro atoms. The quantitative estimate of drug-likeness (QED) is 0.887. The van der Waals surface area contributed by atoms with E-state index in [1.54, 1.807) is 13.3 Å². The van der Waals surface area contributed by atoms with Crippen molar-refractivity contribution >= 4 is 6.03 Å². The number of methoxy groups -OCH3 is 1. The maximum Gasteiger partial charge on any atom is 0.315 e. The number of nitrogens with zero attached hydrogens (tertiary/aromatic N) is 1. The van der Waals surface area contributed by atoms with E-state index in [1.165, 1.54) is 0 Å². The van der Waals surface area contributed by atoms with Gasteiger partial charge in [0, 0.05) is 18.3 Å². The second-order valence-electron chi connectivity index (χ2n) is 4.63. The van der Waals surface area contributed by atoms with Gasteiger partial charge in [0.05, 0.1) is 13.2 Å². The van der Waals surface area contributed by atoms with E-state index in [4.69, 9.17) is 4.74 Å². The van der Waals surface area contributed by atoms with Crippen LogP contribution in [0.15, 0.2) is 48.7 Å². The van der Waals surface area contributed by atoms with Crippen LogP contribution in [0.1, 0.15) is 24.1 Å². The summed E-state index contributed by atoms with van der Waals surface area (Å²) in [5.41, 5.74) is 1.90. The Labute approximate surface area is 124 Å². The van der Waals surface area contributed by atoms with Crippen molar-refractivity contribution in [2.45, 2.75) is 19.5 Å². The molecular formula is C16H19N3O2. The Morgan fingerprint density at radius 1 is 1.24 bits per heavy atom. The molecule has 1 aromatic carbocycles. The Kier molecular flexibility index (Phi) is 5.15. The van der Waals surface area contributed by atoms with E-state index in [2.05, 4.69) is 15.6 Å². The summed E-state index contributed by atoms with van der Waals surface area (Å²) in [5, 5.41) is 5.70. The molecule has 0 saturated carbocycles. The molecule has 0 aliphatic carbocycles. The Balaban J connectivity index is 1.88. The second kappa shape index (κ2) is 7.28. The number of aromatic nitrogens is 1. The van der Waals surface area contributed by atoms with Gasteiger partial charge in [-0.15, -0.1) is 0 Å². The summed E-state index contributed by atoms with van der Waals surface area (Å²) >= 11 is 0. The maximum atomic E-state index is 11.9. The van der Waals surface area contributed by atoms with Crippen LogP contribution in [0.3, 0.4) is 0 Å². The van der Waals surface area contributed by atoms with Crippen molar-refractivity contribution in [3.8, 4) is 5.88 Å². The molecule has 0 aliphatic heterocycles. The predicted molar refractivity (Wildman–Crippen MR) is 81.0 cm³/mol. The van der Waals surface area contributed by atoms with Gasteiger partial charge in [0.15, 0.2) is 0 Å². The van der Waals surface area contributed by atoms with Crippen LogP contribution in [0.5, 0.6) is 5.88 Å². The zero-order chi connectivity index (χ0) is 15.1. The first-order valence-electron chi connectivity index (χ1n) is 6.78. The third-order valence-electron chi connectivity index (χ3n) is 3.13. The van der Waals surface area contributed by atoms with E-state index >= 15 is 0 Å². The van der Waals surface area contributed by atoms with Gasteiger partial charge in [-0.3, -0.25) is 0 Å². The summed E-state index contributed by atoms with van der Waals surface area (Å²) in [7, 11) is 1.56. The first kappa shape index (κ1) is 14.8. The van der Waals surface area contributed by atoms with Crippen molar-refractivity contribution < 1.29 is 9.53 Å². The maximum absolute atomic E-state index is 11.9. The summed E-state index contributed by atoms with van der Waals surface area (Å²) in [6.45, 7) is 2.31. The van der Waals surface area contributed by atoms with Gasteiger partial charge in [0.25, 0.3) is 0 Å². The zero-order valence-electron chi connectivity index (χ0n) is 12.2. The summed E-state index contributed by atoms with van der Waals surface area (Å²) in [6, 6.07) is 13.2. The lowest BCUT2D eigenvalue weighted by molar-refractivity contribution is 0.237. The van der Waals surface area contributed by atoms with Crippen LogP contribution in [0.4, 0.5) is 4.79 Å². The van der Waals surface area contributed by atoms with Crippen LogP contribution in [-0.2, 0) is 6.54 Å². The lowest BCUT2D eigenvalue weighted by Gasteiger charge is -2.15. The van der Waals surface area contributed by atoms with Crippen molar-refractivity contribution in [1.29, 1.82) is 0 Å². The van der Waals surface area contributed by atoms with Gasteiger partial charge in [0.2, 0.25) is 5.88 Å². The molecule has 5 nitrogen and oxygen atoms in total. The van der Waals surface area contributed by atoms with E-state index in [9.17, 15) is 4.79 Å². The van der Waals surface area contributed by atoms with Gasteiger partial charge in [-0.2, -0.15) is 0 Å². The molecule has 0 saturated heterocycles. The fraction of sp³-hybridized carbons (Fsp3) is 0.250. The highest BCUT2D eigenvalue weighted by molar-refractivity contribution is 5.74. The fourth-order valence-electron chi connectivity index (χ4n) is 1.99. The fourth-order valence-corrected chi connectivity index (χ4v) is 1.99. The summed E-state index contributed by atoms with van der Waals surface area (Å²) in [5.74, 6) is 0.522. The molecule has 5 heteroatoms. The Morgan fingerprint density at radius 3 is 2.71 bits per heavy atom. The SMILES string of the molecule is COc1ncccc1CNC(=O)N[C@H](C)c1ccccc1. The van der Waals surface area contributed by atoms with Gasteiger partial charge in [0.1, 0.15) is 0 Å². The van der Waals surface area contributed by atoms with Crippen LogP contribution in [0.25, 0.3) is 0 Å². The zero-order valence-corrected chi connectivity index (χ0v) is 12.2. The molecule has 21 heavy (non-hydrogen) atoms. The average molecular weight is 285 g/mol. The first-order valence-corrected chi connectivity index (χ1v) is 6.78. The van der Waals surface area contributed by atoms with Gasteiger partial charge >= 0.3 is 6.03 Å². The molecule has 0 bridgehead atoms. The molecule has 0 radical (unpaired) electrons. The molecule has 0 fully saturated rings. The molecule has 2 amide bonds.